The van der Waals surface area contributed by atoms with Crippen LogP contribution in [-0.4, -0.2) is 25.7 Å². The summed E-state index contributed by atoms with van der Waals surface area (Å²) in [6, 6.07) is 0. The maximum Gasteiger partial charge on any atom is 0.294 e. The Kier molecular flexibility index (Phi) is 8.56. The minimum Gasteiger partial charge on any atom is -0.455 e. The first-order valence-corrected chi connectivity index (χ1v) is 4.47. The lowest BCUT2D eigenvalue weighted by Gasteiger charge is -2.06. The molecule has 0 bridgehead atoms. The Labute approximate surface area is 83.6 Å². The molecule has 1 atom stereocenters. The average Bonchev–Trinajstić information content (AvgIpc) is 2.20. The molecule has 0 rings (SSSR count). The van der Waals surface area contributed by atoms with E-state index in [0.717, 1.165) is 12.8 Å². The van der Waals surface area contributed by atoms with Gasteiger partial charge in [0, 0.05) is 0 Å². The molecule has 0 aliphatic rings. The Balaban J connectivity index is 3.83. The zero-order chi connectivity index (χ0) is 10.6. The van der Waals surface area contributed by atoms with Crippen molar-refractivity contribution < 1.29 is 19.1 Å². The normalized spacial score (nSPS) is 10.6. The summed E-state index contributed by atoms with van der Waals surface area (Å²) < 4.78 is 9.09. The summed E-state index contributed by atoms with van der Waals surface area (Å²) >= 11 is 0. The van der Waals surface area contributed by atoms with Crippen LogP contribution in [0.3, 0.4) is 0 Å². The molecular weight excluding hydrogens is 184 g/mol. The third kappa shape index (κ3) is 7.17. The van der Waals surface area contributed by atoms with Gasteiger partial charge < -0.3 is 9.47 Å². The molecular formula is C10H14O4. The Morgan fingerprint density at radius 3 is 2.71 bits per heavy atom. The topological polar surface area (TPSA) is 52.6 Å². The largest absolute Gasteiger partial charge is 0.455 e. The molecule has 14 heavy (non-hydrogen) atoms. The van der Waals surface area contributed by atoms with Crippen LogP contribution >= 0.6 is 0 Å². The van der Waals surface area contributed by atoms with E-state index in [9.17, 15) is 9.59 Å². The Morgan fingerprint density at radius 2 is 2.14 bits per heavy atom. The molecule has 0 aromatic rings. The molecule has 0 saturated carbocycles. The van der Waals surface area contributed by atoms with Gasteiger partial charge in [0.1, 0.15) is 0 Å². The number of carbonyl (C=O) groups is 2. The summed E-state index contributed by atoms with van der Waals surface area (Å²) in [6.45, 7) is 2.79. The molecule has 0 heterocycles. The molecule has 78 valence electrons. The van der Waals surface area contributed by atoms with Crippen molar-refractivity contribution in [1.29, 1.82) is 0 Å². The van der Waals surface area contributed by atoms with Crippen molar-refractivity contribution >= 4 is 12.9 Å². The summed E-state index contributed by atoms with van der Waals surface area (Å²) in [5.41, 5.74) is 0. The van der Waals surface area contributed by atoms with Crippen LogP contribution in [0, 0.1) is 11.8 Å². The molecule has 0 amide bonds. The molecule has 0 aromatic carbocycles. The third-order valence-corrected chi connectivity index (χ3v) is 1.53. The highest BCUT2D eigenvalue weighted by Gasteiger charge is 2.02. The average molecular weight is 198 g/mol. The molecule has 0 radical (unpaired) electrons. The summed E-state index contributed by atoms with van der Waals surface area (Å²) in [5, 5.41) is 0. The van der Waals surface area contributed by atoms with Crippen molar-refractivity contribution in [3.63, 3.8) is 0 Å². The highest BCUT2D eigenvalue weighted by atomic mass is 16.5. The summed E-state index contributed by atoms with van der Waals surface area (Å²) in [4.78, 5) is 19.9. The fraction of sp³-hybridized carbons (Fsp3) is 0.600. The van der Waals surface area contributed by atoms with E-state index >= 15 is 0 Å². The van der Waals surface area contributed by atoms with Crippen LogP contribution in [-0.2, 0) is 19.1 Å². The quantitative estimate of drug-likeness (QED) is 0.346. The molecule has 0 aliphatic carbocycles. The van der Waals surface area contributed by atoms with E-state index in [2.05, 4.69) is 16.6 Å². The molecule has 0 spiro atoms. The van der Waals surface area contributed by atoms with Gasteiger partial charge in [-0.3, -0.25) is 9.59 Å². The van der Waals surface area contributed by atoms with Crippen LogP contribution in [0.5, 0.6) is 0 Å². The van der Waals surface area contributed by atoms with Crippen LogP contribution in [0.15, 0.2) is 0 Å². The Hall–Kier alpha value is -1.50. The number of rotatable bonds is 7. The first-order chi connectivity index (χ1) is 6.85. The smallest absolute Gasteiger partial charge is 0.294 e. The minimum absolute atomic E-state index is 0.0361. The molecule has 0 aliphatic heterocycles. The van der Waals surface area contributed by atoms with Crippen LogP contribution in [0.2, 0.25) is 0 Å². The summed E-state index contributed by atoms with van der Waals surface area (Å²) in [5.74, 6) is 5.30. The lowest BCUT2D eigenvalue weighted by atomic mass is 10.2. The fourth-order valence-corrected chi connectivity index (χ4v) is 0.862. The summed E-state index contributed by atoms with van der Waals surface area (Å²) in [7, 11) is 0. The predicted molar refractivity (Wildman–Crippen MR) is 50.3 cm³/mol. The Morgan fingerprint density at radius 1 is 1.36 bits per heavy atom. The van der Waals surface area contributed by atoms with Gasteiger partial charge in [0.15, 0.2) is 12.7 Å². The van der Waals surface area contributed by atoms with Gasteiger partial charge in [-0.2, -0.15) is 0 Å². The summed E-state index contributed by atoms with van der Waals surface area (Å²) in [6.07, 6.45) is 2.29. The van der Waals surface area contributed by atoms with E-state index in [-0.39, 0.29) is 12.7 Å². The lowest BCUT2D eigenvalue weighted by Crippen LogP contribution is -2.09. The second-order valence-electron chi connectivity index (χ2n) is 2.59. The van der Waals surface area contributed by atoms with E-state index in [1.165, 1.54) is 0 Å². The van der Waals surface area contributed by atoms with Crippen molar-refractivity contribution in [3.8, 4) is 11.8 Å². The maximum atomic E-state index is 10.1. The molecule has 1 unspecified atom stereocenters. The van der Waals surface area contributed by atoms with Crippen molar-refractivity contribution in [1.82, 2.24) is 0 Å². The number of hydrogen-bond acceptors (Lipinski definition) is 4. The number of hydrogen-bond donors (Lipinski definition) is 0. The van der Waals surface area contributed by atoms with E-state index in [1.54, 1.807) is 0 Å². The first-order valence-electron chi connectivity index (χ1n) is 4.47. The van der Waals surface area contributed by atoms with Crippen molar-refractivity contribution in [3.05, 3.63) is 0 Å². The third-order valence-electron chi connectivity index (χ3n) is 1.53. The molecule has 4 heteroatoms. The van der Waals surface area contributed by atoms with E-state index in [0.29, 0.717) is 19.4 Å². The monoisotopic (exact) mass is 198 g/mol. The standard InChI is InChI=1S/C10H14O4/c1-2-3-5-10(14-9-12)6-4-7-13-8-11/h8-10H,2-3,5,7H2,1H3. The van der Waals surface area contributed by atoms with Crippen molar-refractivity contribution in [2.75, 3.05) is 6.61 Å². The Bertz CT molecular complexity index is 214. The van der Waals surface area contributed by atoms with Crippen molar-refractivity contribution in [2.24, 2.45) is 0 Å². The van der Waals surface area contributed by atoms with Gasteiger partial charge in [-0.15, -0.1) is 0 Å². The molecule has 0 N–H and O–H groups in total. The number of ether oxygens (including phenoxy) is 2. The molecule has 0 fully saturated rings. The second-order valence-corrected chi connectivity index (χ2v) is 2.59. The molecule has 0 saturated heterocycles. The van der Waals surface area contributed by atoms with Gasteiger partial charge in [-0.1, -0.05) is 25.2 Å². The highest BCUT2D eigenvalue weighted by Crippen LogP contribution is 2.02. The lowest BCUT2D eigenvalue weighted by molar-refractivity contribution is -0.131. The van der Waals surface area contributed by atoms with Gasteiger partial charge in [0.2, 0.25) is 0 Å². The predicted octanol–water partition coefficient (Wildman–Crippen LogP) is 0.895. The van der Waals surface area contributed by atoms with Crippen LogP contribution in [0.4, 0.5) is 0 Å². The zero-order valence-corrected chi connectivity index (χ0v) is 8.19. The van der Waals surface area contributed by atoms with Gasteiger partial charge in [0.05, 0.1) is 0 Å². The van der Waals surface area contributed by atoms with Gasteiger partial charge in [0.25, 0.3) is 12.9 Å². The number of unbranched alkanes of at least 4 members (excludes halogenated alkanes) is 1. The van der Waals surface area contributed by atoms with E-state index < -0.39 is 0 Å². The van der Waals surface area contributed by atoms with Gasteiger partial charge >= 0.3 is 0 Å². The van der Waals surface area contributed by atoms with E-state index in [1.807, 2.05) is 6.92 Å². The van der Waals surface area contributed by atoms with Crippen molar-refractivity contribution in [2.45, 2.75) is 32.3 Å². The van der Waals surface area contributed by atoms with Gasteiger partial charge in [-0.25, -0.2) is 0 Å². The molecule has 0 aromatic heterocycles. The second kappa shape index (κ2) is 9.59. The fourth-order valence-electron chi connectivity index (χ4n) is 0.862. The van der Waals surface area contributed by atoms with Crippen LogP contribution < -0.4 is 0 Å². The van der Waals surface area contributed by atoms with Crippen LogP contribution in [0.25, 0.3) is 0 Å². The maximum absolute atomic E-state index is 10.1. The first kappa shape index (κ1) is 12.5. The molecule has 4 nitrogen and oxygen atoms in total. The van der Waals surface area contributed by atoms with E-state index in [4.69, 9.17) is 4.74 Å². The number of carbonyl (C=O) groups excluding carboxylic acids is 2. The van der Waals surface area contributed by atoms with Crippen LogP contribution in [0.1, 0.15) is 26.2 Å². The zero-order valence-electron chi connectivity index (χ0n) is 8.19. The van der Waals surface area contributed by atoms with Gasteiger partial charge in [-0.05, 0) is 12.8 Å². The highest BCUT2D eigenvalue weighted by molar-refractivity contribution is 5.39. The SMILES string of the molecule is CCCCC(C#CCOC=O)OC=O. The minimum atomic E-state index is -0.386.